The Morgan fingerprint density at radius 2 is 1.95 bits per heavy atom. The Hall–Kier alpha value is -2.34. The maximum atomic E-state index is 4.20. The van der Waals surface area contributed by atoms with Crippen molar-refractivity contribution in [1.29, 1.82) is 0 Å². The standard InChI is InChI=1S/C15H19N6.ClH/c1-4-13(16-18-14-9-5-7-11-20(14)2)17-19-15-10-6-8-12-21(15)3;/h5-12H,4H2,1-3H3;1H/q+1;/p-1. The van der Waals surface area contributed by atoms with Crippen LogP contribution in [0.25, 0.3) is 0 Å². The van der Waals surface area contributed by atoms with Crippen LogP contribution < -0.4 is 22.5 Å². The average Bonchev–Trinajstić information content (AvgIpc) is 2.50. The second-order valence-electron chi connectivity index (χ2n) is 4.51. The molecule has 0 spiro atoms. The van der Waals surface area contributed by atoms with Gasteiger partial charge in [0.15, 0.2) is 11.3 Å². The van der Waals surface area contributed by atoms with Crippen LogP contribution in [0.3, 0.4) is 0 Å². The molecule has 6 nitrogen and oxygen atoms in total. The predicted octanol–water partition coefficient (Wildman–Crippen LogP) is -0.738. The molecular weight excluding hydrogens is 300 g/mol. The maximum absolute atomic E-state index is 4.20. The lowest BCUT2D eigenvalue weighted by molar-refractivity contribution is -0.658. The molecule has 0 fully saturated rings. The molecule has 2 heterocycles. The zero-order valence-corrected chi connectivity index (χ0v) is 13.6. The van der Waals surface area contributed by atoms with E-state index in [2.05, 4.69) is 20.4 Å². The van der Waals surface area contributed by atoms with Crippen molar-refractivity contribution < 1.29 is 17.0 Å². The number of hydrogen-bond acceptors (Lipinski definition) is 3. The van der Waals surface area contributed by atoms with Gasteiger partial charge in [-0.15, -0.1) is 10.2 Å². The zero-order valence-electron chi connectivity index (χ0n) is 12.9. The monoisotopic (exact) mass is 318 g/mol. The van der Waals surface area contributed by atoms with E-state index in [0.29, 0.717) is 12.3 Å². The summed E-state index contributed by atoms with van der Waals surface area (Å²) in [7, 11) is 3.84. The van der Waals surface area contributed by atoms with Crippen LogP contribution in [0.5, 0.6) is 0 Å². The largest absolute Gasteiger partial charge is 1.00 e. The molecule has 0 aliphatic rings. The van der Waals surface area contributed by atoms with Crippen molar-refractivity contribution in [2.45, 2.75) is 13.3 Å². The van der Waals surface area contributed by atoms with E-state index in [1.54, 1.807) is 0 Å². The highest BCUT2D eigenvalue weighted by atomic mass is 35.5. The van der Waals surface area contributed by atoms with Crippen LogP contribution in [0, 0.1) is 0 Å². The Morgan fingerprint density at radius 3 is 2.64 bits per heavy atom. The topological polar surface area (TPSA) is 58.2 Å². The highest BCUT2D eigenvalue weighted by Crippen LogP contribution is 2.04. The molecule has 0 unspecified atom stereocenters. The third-order valence-corrected chi connectivity index (χ3v) is 2.91. The molecule has 2 aromatic heterocycles. The van der Waals surface area contributed by atoms with E-state index in [9.17, 15) is 0 Å². The summed E-state index contributed by atoms with van der Waals surface area (Å²) in [5, 5.41) is 16.7. The quantitative estimate of drug-likeness (QED) is 0.235. The molecule has 0 radical (unpaired) electrons. The van der Waals surface area contributed by atoms with Crippen LogP contribution in [0.1, 0.15) is 13.3 Å². The maximum Gasteiger partial charge on any atom is 0.350 e. The fraction of sp³-hybridized carbons (Fsp3) is 0.267. The molecule has 0 amide bonds. The first-order chi connectivity index (χ1) is 10.2. The average molecular weight is 319 g/mol. The number of azo groups is 1. The molecule has 2 aromatic rings. The molecule has 7 heteroatoms. The number of pyridine rings is 2. The molecule has 22 heavy (non-hydrogen) atoms. The van der Waals surface area contributed by atoms with Crippen molar-refractivity contribution in [1.82, 2.24) is 4.57 Å². The van der Waals surface area contributed by atoms with Gasteiger partial charge in [-0.2, -0.15) is 0 Å². The predicted molar refractivity (Wildman–Crippen MR) is 80.8 cm³/mol. The fourth-order valence-electron chi connectivity index (χ4n) is 1.62. The van der Waals surface area contributed by atoms with E-state index in [1.165, 1.54) is 0 Å². The first-order valence-corrected chi connectivity index (χ1v) is 6.79. The summed E-state index contributed by atoms with van der Waals surface area (Å²) in [5.74, 6) is 1.35. The summed E-state index contributed by atoms with van der Waals surface area (Å²) in [5.41, 5.74) is 0.768. The second kappa shape index (κ2) is 8.84. The van der Waals surface area contributed by atoms with E-state index >= 15 is 0 Å². The molecule has 0 bridgehead atoms. The van der Waals surface area contributed by atoms with Gasteiger partial charge in [-0.3, -0.25) is 0 Å². The summed E-state index contributed by atoms with van der Waals surface area (Å²) in [6.07, 6.45) is 4.51. The van der Waals surface area contributed by atoms with Gasteiger partial charge >= 0.3 is 5.82 Å². The summed E-state index contributed by atoms with van der Waals surface area (Å²) >= 11 is 0. The van der Waals surface area contributed by atoms with Crippen LogP contribution >= 0.6 is 0 Å². The number of halogens is 1. The Morgan fingerprint density at radius 1 is 1.18 bits per heavy atom. The van der Waals surface area contributed by atoms with Gasteiger partial charge in [0.1, 0.15) is 0 Å². The van der Waals surface area contributed by atoms with Gasteiger partial charge < -0.3 is 17.0 Å². The van der Waals surface area contributed by atoms with Gasteiger partial charge in [0, 0.05) is 25.7 Å². The number of hydrogen-bond donors (Lipinski definition) is 0. The molecule has 116 valence electrons. The lowest BCUT2D eigenvalue weighted by Crippen LogP contribution is -3.00. The Labute approximate surface area is 136 Å². The van der Waals surface area contributed by atoms with Crippen LogP contribution in [-0.2, 0) is 14.1 Å². The normalized spacial score (nSPS) is 12.5. The van der Waals surface area contributed by atoms with Gasteiger partial charge in [0.2, 0.25) is 0 Å². The number of nitrogens with zero attached hydrogens (tertiary/aromatic N) is 6. The summed E-state index contributed by atoms with van der Waals surface area (Å²) in [6, 6.07) is 11.5. The number of aromatic nitrogens is 2. The zero-order chi connectivity index (χ0) is 15.1. The van der Waals surface area contributed by atoms with Crippen LogP contribution in [-0.4, -0.2) is 10.4 Å². The van der Waals surface area contributed by atoms with Gasteiger partial charge in [-0.1, -0.05) is 19.1 Å². The summed E-state index contributed by atoms with van der Waals surface area (Å²) in [4.78, 5) is 0. The molecule has 0 saturated heterocycles. The summed E-state index contributed by atoms with van der Waals surface area (Å²) in [6.45, 7) is 1.98. The van der Waals surface area contributed by atoms with Gasteiger partial charge in [-0.05, 0) is 23.3 Å². The first kappa shape index (κ1) is 17.7. The van der Waals surface area contributed by atoms with Crippen LogP contribution in [0.2, 0.25) is 0 Å². The Bertz CT molecular complexity index is 733. The van der Waals surface area contributed by atoms with Crippen molar-refractivity contribution in [3.8, 4) is 0 Å². The molecule has 2 rings (SSSR count). The van der Waals surface area contributed by atoms with Crippen molar-refractivity contribution >= 4 is 11.7 Å². The minimum atomic E-state index is 0. The van der Waals surface area contributed by atoms with Gasteiger partial charge in [-0.25, -0.2) is 4.57 Å². The fourth-order valence-corrected chi connectivity index (χ4v) is 1.62. The first-order valence-electron chi connectivity index (χ1n) is 6.79. The number of rotatable bonds is 3. The van der Waals surface area contributed by atoms with E-state index < -0.39 is 0 Å². The van der Waals surface area contributed by atoms with Crippen molar-refractivity contribution in [2.24, 2.45) is 34.5 Å². The number of aryl methyl sites for hydroxylation is 2. The van der Waals surface area contributed by atoms with Gasteiger partial charge in [0.25, 0.3) is 0 Å². The summed E-state index contributed by atoms with van der Waals surface area (Å²) < 4.78 is 3.79. The Balaban J connectivity index is 0.00000242. The molecule has 0 aliphatic carbocycles. The Kier molecular flexibility index (Phi) is 7.12. The van der Waals surface area contributed by atoms with Crippen LogP contribution in [0.15, 0.2) is 69.2 Å². The minimum Gasteiger partial charge on any atom is -1.00 e. The minimum absolute atomic E-state index is 0. The second-order valence-corrected chi connectivity index (χ2v) is 4.51. The molecule has 0 saturated carbocycles. The number of amidine groups is 1. The van der Waals surface area contributed by atoms with Crippen LogP contribution in [0.4, 0.5) is 5.82 Å². The molecule has 0 aromatic carbocycles. The molecule has 0 atom stereocenters. The lowest BCUT2D eigenvalue weighted by Gasteiger charge is -1.95. The highest BCUT2D eigenvalue weighted by molar-refractivity contribution is 5.82. The smallest absolute Gasteiger partial charge is 0.350 e. The van der Waals surface area contributed by atoms with E-state index in [1.807, 2.05) is 78.9 Å². The third-order valence-electron chi connectivity index (χ3n) is 2.91. The molecule has 0 aliphatic heterocycles. The third kappa shape index (κ3) is 4.89. The van der Waals surface area contributed by atoms with Crippen molar-refractivity contribution in [3.05, 3.63) is 54.3 Å². The van der Waals surface area contributed by atoms with E-state index in [4.69, 9.17) is 0 Å². The SMILES string of the molecule is CCC(N=Nc1cccc[n+]1C)=NN=c1ccccn1C.[Cl-]. The van der Waals surface area contributed by atoms with Crippen molar-refractivity contribution in [3.63, 3.8) is 0 Å². The lowest BCUT2D eigenvalue weighted by atomic mass is 10.4. The molecular formula is C15H19ClN6. The van der Waals surface area contributed by atoms with Gasteiger partial charge in [0.05, 0.1) is 18.4 Å². The molecule has 0 N–H and O–H groups in total. The van der Waals surface area contributed by atoms with Crippen molar-refractivity contribution in [2.75, 3.05) is 0 Å². The van der Waals surface area contributed by atoms with E-state index in [0.717, 1.165) is 11.3 Å². The van der Waals surface area contributed by atoms with E-state index in [-0.39, 0.29) is 12.4 Å². The highest BCUT2D eigenvalue weighted by Gasteiger charge is 2.04.